The number of fused-ring (bicyclic) bond motifs is 1. The van der Waals surface area contributed by atoms with E-state index in [9.17, 15) is 24.3 Å². The van der Waals surface area contributed by atoms with Gasteiger partial charge in [-0.25, -0.2) is 0 Å². The van der Waals surface area contributed by atoms with Gasteiger partial charge in [0.15, 0.2) is 0 Å². The van der Waals surface area contributed by atoms with Crippen LogP contribution in [0.3, 0.4) is 0 Å². The van der Waals surface area contributed by atoms with Gasteiger partial charge in [0.05, 0.1) is 0 Å². The first-order valence-corrected chi connectivity index (χ1v) is 13.8. The normalized spacial score (nSPS) is 20.3. The Hall–Kier alpha value is -3.66. The van der Waals surface area contributed by atoms with E-state index in [0.717, 1.165) is 37.9 Å². The van der Waals surface area contributed by atoms with Gasteiger partial charge in [0.2, 0.25) is 18.0 Å². The number of nitrogens with one attached hydrogen (secondary N) is 3. The molecule has 210 valence electrons. The number of benzene rings is 1. The van der Waals surface area contributed by atoms with Gasteiger partial charge >= 0.3 is 0 Å². The van der Waals surface area contributed by atoms with Crippen LogP contribution in [0.25, 0.3) is 0 Å². The Morgan fingerprint density at radius 2 is 1.72 bits per heavy atom. The second kappa shape index (κ2) is 12.9. The molecular formula is C29H39N5O5. The summed E-state index contributed by atoms with van der Waals surface area (Å²) in [4.78, 5) is 52.4. The molecule has 1 aromatic carbocycles. The van der Waals surface area contributed by atoms with E-state index in [1.165, 1.54) is 12.8 Å². The molecule has 4 amide bonds. The number of carbonyl (C=O) groups is 4. The molecule has 0 spiro atoms. The standard InChI is InChI=1S/C29H39N5O5/c1-3-25(35)31-23(29(39)34-16-5-9-20-7-4-8-21(20)18-34)17-19-11-13-22(14-12-19)30-27(37)28(38)32-26(36)24-10-6-15-33(24)2/h6,10-15,20-21,23,28,38H,3-5,7-9,16-18H2,1-2H3,(H,30,37)(H,31,35)(H,32,36)/t20?,21?,23-,28+/m1/s1. The smallest absolute Gasteiger partial charge is 0.274 e. The topological polar surface area (TPSA) is 133 Å². The number of hydrogen-bond acceptors (Lipinski definition) is 5. The van der Waals surface area contributed by atoms with Crippen LogP contribution in [-0.2, 0) is 27.9 Å². The molecule has 1 saturated carbocycles. The Morgan fingerprint density at radius 1 is 1.00 bits per heavy atom. The lowest BCUT2D eigenvalue weighted by molar-refractivity contribution is -0.136. The Balaban J connectivity index is 1.36. The SMILES string of the molecule is CCC(=O)N[C@H](Cc1ccc(NC(=O)[C@H](O)NC(=O)c2cccn2C)cc1)C(=O)N1CCCC2CCCC2C1. The number of nitrogens with zero attached hydrogens (tertiary/aromatic N) is 2. The molecule has 1 saturated heterocycles. The summed E-state index contributed by atoms with van der Waals surface area (Å²) in [5, 5.41) is 17.9. The molecule has 10 heteroatoms. The monoisotopic (exact) mass is 537 g/mol. The van der Waals surface area contributed by atoms with Crippen molar-refractivity contribution in [2.75, 3.05) is 18.4 Å². The van der Waals surface area contributed by atoms with E-state index in [0.29, 0.717) is 36.1 Å². The van der Waals surface area contributed by atoms with Crippen LogP contribution in [0.4, 0.5) is 5.69 Å². The number of carbonyl (C=O) groups excluding carboxylic acids is 4. The summed E-state index contributed by atoms with van der Waals surface area (Å²) in [5.74, 6) is -0.303. The minimum Gasteiger partial charge on any atom is -0.365 e. The molecule has 4 rings (SSSR count). The number of anilines is 1. The van der Waals surface area contributed by atoms with Crippen molar-refractivity contribution in [3.8, 4) is 0 Å². The molecule has 2 aliphatic rings. The fourth-order valence-electron chi connectivity index (χ4n) is 5.70. The Labute approximate surface area is 229 Å². The fraction of sp³-hybridized carbons (Fsp3) is 0.517. The number of likely N-dealkylation sites (tertiary alicyclic amines) is 1. The lowest BCUT2D eigenvalue weighted by atomic mass is 9.93. The predicted octanol–water partition coefficient (Wildman–Crippen LogP) is 2.19. The second-order valence-electron chi connectivity index (χ2n) is 10.6. The molecule has 1 aliphatic heterocycles. The van der Waals surface area contributed by atoms with Crippen LogP contribution in [0.5, 0.6) is 0 Å². The predicted molar refractivity (Wildman–Crippen MR) is 147 cm³/mol. The van der Waals surface area contributed by atoms with E-state index in [1.54, 1.807) is 61.1 Å². The van der Waals surface area contributed by atoms with Gasteiger partial charge in [0.25, 0.3) is 11.8 Å². The van der Waals surface area contributed by atoms with Crippen molar-refractivity contribution in [2.45, 2.75) is 64.1 Å². The van der Waals surface area contributed by atoms with Crippen LogP contribution < -0.4 is 16.0 Å². The van der Waals surface area contributed by atoms with Crippen LogP contribution in [0.1, 0.15) is 61.5 Å². The van der Waals surface area contributed by atoms with Gasteiger partial charge in [-0.3, -0.25) is 19.2 Å². The average Bonchev–Trinajstić information content (AvgIpc) is 3.51. The highest BCUT2D eigenvalue weighted by Gasteiger charge is 2.35. The molecule has 2 heterocycles. The van der Waals surface area contributed by atoms with Crippen molar-refractivity contribution >= 4 is 29.3 Å². The highest BCUT2D eigenvalue weighted by Crippen LogP contribution is 2.37. The summed E-state index contributed by atoms with van der Waals surface area (Å²) < 4.78 is 1.58. The van der Waals surface area contributed by atoms with Gasteiger partial charge < -0.3 is 30.5 Å². The molecule has 4 N–H and O–H groups in total. The summed E-state index contributed by atoms with van der Waals surface area (Å²) >= 11 is 0. The molecule has 39 heavy (non-hydrogen) atoms. The van der Waals surface area contributed by atoms with Gasteiger partial charge in [-0.1, -0.05) is 31.9 Å². The van der Waals surface area contributed by atoms with Crippen LogP contribution in [0.15, 0.2) is 42.6 Å². The van der Waals surface area contributed by atoms with E-state index in [2.05, 4.69) is 16.0 Å². The van der Waals surface area contributed by atoms with E-state index >= 15 is 0 Å². The molecule has 4 atom stereocenters. The zero-order chi connectivity index (χ0) is 27.9. The maximum atomic E-state index is 13.6. The summed E-state index contributed by atoms with van der Waals surface area (Å²) in [5.41, 5.74) is 1.57. The zero-order valence-corrected chi connectivity index (χ0v) is 22.7. The first kappa shape index (κ1) is 28.4. The third kappa shape index (κ3) is 7.26. The van der Waals surface area contributed by atoms with E-state index in [1.807, 2.05) is 4.90 Å². The summed E-state index contributed by atoms with van der Waals surface area (Å²) in [6.45, 7) is 3.24. The molecule has 2 aromatic rings. The van der Waals surface area contributed by atoms with Gasteiger partial charge in [-0.15, -0.1) is 0 Å². The summed E-state index contributed by atoms with van der Waals surface area (Å²) in [6, 6.07) is 9.49. The number of aryl methyl sites for hydroxylation is 1. The lowest BCUT2D eigenvalue weighted by Crippen LogP contribution is -2.50. The van der Waals surface area contributed by atoms with Gasteiger partial charge in [-0.05, 0) is 60.9 Å². The van der Waals surface area contributed by atoms with E-state index in [4.69, 9.17) is 0 Å². The zero-order valence-electron chi connectivity index (χ0n) is 22.7. The van der Waals surface area contributed by atoms with Crippen LogP contribution >= 0.6 is 0 Å². The number of aliphatic hydroxyl groups excluding tert-OH is 1. The van der Waals surface area contributed by atoms with Crippen molar-refractivity contribution in [1.82, 2.24) is 20.1 Å². The molecule has 1 aliphatic carbocycles. The molecule has 0 bridgehead atoms. The van der Waals surface area contributed by atoms with E-state index < -0.39 is 24.1 Å². The van der Waals surface area contributed by atoms with Crippen molar-refractivity contribution in [1.29, 1.82) is 0 Å². The molecule has 2 unspecified atom stereocenters. The van der Waals surface area contributed by atoms with Crippen molar-refractivity contribution < 1.29 is 24.3 Å². The first-order valence-electron chi connectivity index (χ1n) is 13.8. The van der Waals surface area contributed by atoms with Gasteiger partial charge in [0, 0.05) is 44.9 Å². The Morgan fingerprint density at radius 3 is 2.41 bits per heavy atom. The Bertz CT molecular complexity index is 1180. The quantitative estimate of drug-likeness (QED) is 0.364. The van der Waals surface area contributed by atoms with Crippen molar-refractivity contribution in [3.63, 3.8) is 0 Å². The third-order valence-electron chi connectivity index (χ3n) is 7.89. The van der Waals surface area contributed by atoms with Crippen LogP contribution in [-0.4, -0.2) is 63.6 Å². The second-order valence-corrected chi connectivity index (χ2v) is 10.6. The number of aromatic nitrogens is 1. The molecule has 1 aromatic heterocycles. The number of amides is 4. The molecular weight excluding hydrogens is 498 g/mol. The minimum atomic E-state index is -1.73. The van der Waals surface area contributed by atoms with Crippen LogP contribution in [0.2, 0.25) is 0 Å². The third-order valence-corrected chi connectivity index (χ3v) is 7.89. The van der Waals surface area contributed by atoms with Gasteiger partial charge in [-0.2, -0.15) is 0 Å². The summed E-state index contributed by atoms with van der Waals surface area (Å²) in [7, 11) is 1.69. The largest absolute Gasteiger partial charge is 0.365 e. The average molecular weight is 538 g/mol. The highest BCUT2D eigenvalue weighted by atomic mass is 16.3. The summed E-state index contributed by atoms with van der Waals surface area (Å²) in [6.07, 6.45) is 6.39. The van der Waals surface area contributed by atoms with Gasteiger partial charge in [0.1, 0.15) is 11.7 Å². The van der Waals surface area contributed by atoms with Crippen LogP contribution in [0, 0.1) is 11.8 Å². The molecule has 0 radical (unpaired) electrons. The number of rotatable bonds is 9. The highest BCUT2D eigenvalue weighted by molar-refractivity contribution is 5.99. The maximum absolute atomic E-state index is 13.6. The maximum Gasteiger partial charge on any atom is 0.274 e. The number of aliphatic hydroxyl groups is 1. The number of hydrogen-bond donors (Lipinski definition) is 4. The van der Waals surface area contributed by atoms with Crippen molar-refractivity contribution in [3.05, 3.63) is 53.9 Å². The lowest BCUT2D eigenvalue weighted by Gasteiger charge is -2.29. The first-order chi connectivity index (χ1) is 18.7. The Kier molecular flexibility index (Phi) is 9.40. The fourth-order valence-corrected chi connectivity index (χ4v) is 5.70. The molecule has 2 fully saturated rings. The van der Waals surface area contributed by atoms with Crippen molar-refractivity contribution in [2.24, 2.45) is 18.9 Å². The van der Waals surface area contributed by atoms with E-state index in [-0.39, 0.29) is 11.8 Å². The molecule has 10 nitrogen and oxygen atoms in total. The minimum absolute atomic E-state index is 0.0428.